The Balaban J connectivity index is 2.19. The molecule has 0 aromatic carbocycles. The molecule has 0 bridgehead atoms. The van der Waals surface area contributed by atoms with Crippen LogP contribution in [-0.2, 0) is 0 Å². The molecule has 2 rings (SSSR count). The molecule has 1 fully saturated rings. The molecule has 0 aliphatic carbocycles. The first-order chi connectivity index (χ1) is 8.05. The van der Waals surface area contributed by atoms with Gasteiger partial charge in [-0.3, -0.25) is 0 Å². The van der Waals surface area contributed by atoms with E-state index < -0.39 is 5.60 Å². The summed E-state index contributed by atoms with van der Waals surface area (Å²) in [5.41, 5.74) is 0.222. The molecule has 2 unspecified atom stereocenters. The summed E-state index contributed by atoms with van der Waals surface area (Å²) in [7, 11) is 0. The standard InChI is InChI=1S/C12H16N2OS2/c1-3-12(15)7-13-11(16)10(12)17-9-6-4-5-8(2)14-9/h4-6,10,15H,3,7H2,1-2H3,(H,13,16). The zero-order valence-electron chi connectivity index (χ0n) is 9.93. The van der Waals surface area contributed by atoms with Crippen LogP contribution < -0.4 is 5.32 Å². The summed E-state index contributed by atoms with van der Waals surface area (Å²) in [4.78, 5) is 5.16. The van der Waals surface area contributed by atoms with Gasteiger partial charge in [-0.1, -0.05) is 37.0 Å². The number of nitrogens with one attached hydrogen (secondary N) is 1. The number of β-amino-alcohol motifs (C(OH)–C–C–N with tert-alkyl or cyclic N) is 1. The lowest BCUT2D eigenvalue weighted by Crippen LogP contribution is -2.39. The second kappa shape index (κ2) is 4.92. The molecule has 2 heterocycles. The van der Waals surface area contributed by atoms with Crippen molar-refractivity contribution in [1.82, 2.24) is 10.3 Å². The van der Waals surface area contributed by atoms with Crippen molar-refractivity contribution in [3.05, 3.63) is 23.9 Å². The lowest BCUT2D eigenvalue weighted by atomic mass is 10.00. The summed E-state index contributed by atoms with van der Waals surface area (Å²) in [6, 6.07) is 5.89. The quantitative estimate of drug-likeness (QED) is 0.820. The fourth-order valence-electron chi connectivity index (χ4n) is 1.85. The van der Waals surface area contributed by atoms with Crippen molar-refractivity contribution >= 4 is 29.0 Å². The first-order valence-corrected chi connectivity index (χ1v) is 6.94. The van der Waals surface area contributed by atoms with Gasteiger partial charge in [0.2, 0.25) is 0 Å². The molecule has 0 saturated carbocycles. The molecular formula is C12H16N2OS2. The highest BCUT2D eigenvalue weighted by Crippen LogP contribution is 2.35. The third-order valence-electron chi connectivity index (χ3n) is 3.01. The van der Waals surface area contributed by atoms with E-state index in [1.165, 1.54) is 0 Å². The molecule has 1 aliphatic rings. The second-order valence-corrected chi connectivity index (χ2v) is 5.86. The molecule has 2 atom stereocenters. The fraction of sp³-hybridized carbons (Fsp3) is 0.500. The molecule has 5 heteroatoms. The van der Waals surface area contributed by atoms with Crippen LogP contribution in [0.3, 0.4) is 0 Å². The van der Waals surface area contributed by atoms with Crippen molar-refractivity contribution in [3.8, 4) is 0 Å². The van der Waals surface area contributed by atoms with E-state index in [1.54, 1.807) is 11.8 Å². The molecule has 1 aromatic rings. The molecule has 17 heavy (non-hydrogen) atoms. The molecule has 3 nitrogen and oxygen atoms in total. The number of hydrogen-bond acceptors (Lipinski definition) is 4. The van der Waals surface area contributed by atoms with Crippen molar-refractivity contribution in [1.29, 1.82) is 0 Å². The third-order valence-corrected chi connectivity index (χ3v) is 4.92. The van der Waals surface area contributed by atoms with Crippen molar-refractivity contribution in [2.45, 2.75) is 36.1 Å². The Morgan fingerprint density at radius 3 is 3.06 bits per heavy atom. The summed E-state index contributed by atoms with van der Waals surface area (Å²) >= 11 is 6.81. The summed E-state index contributed by atoms with van der Waals surface area (Å²) < 4.78 is 0. The van der Waals surface area contributed by atoms with E-state index in [1.807, 2.05) is 32.0 Å². The molecule has 0 spiro atoms. The van der Waals surface area contributed by atoms with Crippen LogP contribution in [0.4, 0.5) is 0 Å². The largest absolute Gasteiger partial charge is 0.386 e. The monoisotopic (exact) mass is 268 g/mol. The van der Waals surface area contributed by atoms with Gasteiger partial charge in [-0.05, 0) is 25.5 Å². The van der Waals surface area contributed by atoms with E-state index in [9.17, 15) is 5.11 Å². The van der Waals surface area contributed by atoms with Crippen LogP contribution in [0.5, 0.6) is 0 Å². The van der Waals surface area contributed by atoms with Crippen LogP contribution in [0.2, 0.25) is 0 Å². The van der Waals surface area contributed by atoms with Crippen LogP contribution in [0.25, 0.3) is 0 Å². The lowest BCUT2D eigenvalue weighted by Gasteiger charge is -2.26. The molecule has 92 valence electrons. The predicted molar refractivity (Wildman–Crippen MR) is 74.5 cm³/mol. The van der Waals surface area contributed by atoms with Crippen LogP contribution in [0, 0.1) is 6.92 Å². The number of pyridine rings is 1. The molecule has 0 radical (unpaired) electrons. The Kier molecular flexibility index (Phi) is 3.70. The van der Waals surface area contributed by atoms with Gasteiger partial charge in [0.1, 0.15) is 5.60 Å². The predicted octanol–water partition coefficient (Wildman–Crippen LogP) is 1.92. The Morgan fingerprint density at radius 2 is 2.41 bits per heavy atom. The molecule has 1 aromatic heterocycles. The van der Waals surface area contributed by atoms with Crippen LogP contribution in [0.15, 0.2) is 23.2 Å². The summed E-state index contributed by atoms with van der Waals surface area (Å²) in [6.07, 6.45) is 0.684. The van der Waals surface area contributed by atoms with Crippen molar-refractivity contribution in [3.63, 3.8) is 0 Å². The Hall–Kier alpha value is -0.650. The normalized spacial score (nSPS) is 28.2. The smallest absolute Gasteiger partial charge is 0.100 e. The van der Waals surface area contributed by atoms with Gasteiger partial charge in [0.25, 0.3) is 0 Å². The van der Waals surface area contributed by atoms with Gasteiger partial charge in [0.15, 0.2) is 0 Å². The SMILES string of the molecule is CCC1(O)CNC(=S)C1Sc1cccc(C)n1. The van der Waals surface area contributed by atoms with Gasteiger partial charge in [-0.15, -0.1) is 0 Å². The molecular weight excluding hydrogens is 252 g/mol. The molecule has 2 N–H and O–H groups in total. The summed E-state index contributed by atoms with van der Waals surface area (Å²) in [6.45, 7) is 4.47. The van der Waals surface area contributed by atoms with E-state index in [2.05, 4.69) is 10.3 Å². The molecule has 1 saturated heterocycles. The maximum Gasteiger partial charge on any atom is 0.100 e. The van der Waals surface area contributed by atoms with Crippen molar-refractivity contribution in [2.24, 2.45) is 0 Å². The van der Waals surface area contributed by atoms with Crippen LogP contribution >= 0.6 is 24.0 Å². The topological polar surface area (TPSA) is 45.1 Å². The molecule has 0 amide bonds. The first kappa shape index (κ1) is 12.8. The number of aryl methyl sites for hydroxylation is 1. The Labute approximate surface area is 111 Å². The number of hydrogen-bond donors (Lipinski definition) is 2. The number of aromatic nitrogens is 1. The number of thioether (sulfide) groups is 1. The van der Waals surface area contributed by atoms with E-state index >= 15 is 0 Å². The third kappa shape index (κ3) is 2.61. The van der Waals surface area contributed by atoms with E-state index in [4.69, 9.17) is 12.2 Å². The Morgan fingerprint density at radius 1 is 1.65 bits per heavy atom. The van der Waals surface area contributed by atoms with E-state index in [-0.39, 0.29) is 5.25 Å². The van der Waals surface area contributed by atoms with Gasteiger partial charge in [-0.2, -0.15) is 0 Å². The van der Waals surface area contributed by atoms with Crippen molar-refractivity contribution in [2.75, 3.05) is 6.54 Å². The van der Waals surface area contributed by atoms with Crippen LogP contribution in [0.1, 0.15) is 19.0 Å². The highest BCUT2D eigenvalue weighted by atomic mass is 32.2. The van der Waals surface area contributed by atoms with Crippen molar-refractivity contribution < 1.29 is 5.11 Å². The van der Waals surface area contributed by atoms with E-state index in [0.29, 0.717) is 13.0 Å². The average molecular weight is 268 g/mol. The zero-order valence-corrected chi connectivity index (χ0v) is 11.6. The summed E-state index contributed by atoms with van der Waals surface area (Å²) in [5.74, 6) is 0. The average Bonchev–Trinajstić information content (AvgIpc) is 2.58. The second-order valence-electron chi connectivity index (χ2n) is 4.29. The lowest BCUT2D eigenvalue weighted by molar-refractivity contribution is 0.0657. The zero-order chi connectivity index (χ0) is 12.5. The van der Waals surface area contributed by atoms with Crippen LogP contribution in [-0.4, -0.2) is 32.5 Å². The van der Waals surface area contributed by atoms with Gasteiger partial charge < -0.3 is 10.4 Å². The maximum atomic E-state index is 10.5. The maximum absolute atomic E-state index is 10.5. The minimum atomic E-state index is -0.757. The first-order valence-electron chi connectivity index (χ1n) is 5.65. The number of aliphatic hydroxyl groups is 1. The Bertz CT molecular complexity index is 438. The minimum Gasteiger partial charge on any atom is -0.386 e. The van der Waals surface area contributed by atoms with Gasteiger partial charge in [0, 0.05) is 12.2 Å². The minimum absolute atomic E-state index is 0.100. The highest BCUT2D eigenvalue weighted by molar-refractivity contribution is 8.01. The number of rotatable bonds is 3. The number of thiocarbonyl (C=S) groups is 1. The van der Waals surface area contributed by atoms with E-state index in [0.717, 1.165) is 15.7 Å². The fourth-order valence-corrected chi connectivity index (χ4v) is 3.54. The van der Waals surface area contributed by atoms with Gasteiger partial charge in [-0.25, -0.2) is 4.98 Å². The number of nitrogens with zero attached hydrogens (tertiary/aromatic N) is 1. The van der Waals surface area contributed by atoms with Gasteiger partial charge >= 0.3 is 0 Å². The highest BCUT2D eigenvalue weighted by Gasteiger charge is 2.44. The van der Waals surface area contributed by atoms with Gasteiger partial charge in [0.05, 0.1) is 15.3 Å². The summed E-state index contributed by atoms with van der Waals surface area (Å²) in [5, 5.41) is 14.4. The molecule has 1 aliphatic heterocycles.